The number of phenols is 1. The van der Waals surface area contributed by atoms with Crippen LogP contribution >= 0.6 is 0 Å². The highest BCUT2D eigenvalue weighted by atomic mass is 16.4. The van der Waals surface area contributed by atoms with Crippen LogP contribution in [0.15, 0.2) is 24.3 Å². The summed E-state index contributed by atoms with van der Waals surface area (Å²) in [5, 5.41) is 35.0. The smallest absolute Gasteiger partial charge is 0.326 e. The van der Waals surface area contributed by atoms with Crippen molar-refractivity contribution in [3.05, 3.63) is 29.8 Å². The van der Waals surface area contributed by atoms with Gasteiger partial charge in [0.1, 0.15) is 23.9 Å². The molecule has 0 aliphatic rings. The number of amides is 4. The highest BCUT2D eigenvalue weighted by molar-refractivity contribution is 5.96. The Morgan fingerprint density at radius 3 is 1.87 bits per heavy atom. The molecular formula is C23H34N6O9. The molecule has 0 spiro atoms. The minimum Gasteiger partial charge on any atom is -0.508 e. The SMILES string of the molecule is NCCCCC(NC(=O)C(N)CC(N)=O)C(=O)NC(CC(=O)O)C(=O)NC(Cc1ccc(O)cc1)C(=O)O. The zero-order chi connectivity index (χ0) is 28.8. The molecule has 4 unspecified atom stereocenters. The molecule has 4 atom stereocenters. The van der Waals surface area contributed by atoms with E-state index in [9.17, 15) is 44.1 Å². The Morgan fingerprint density at radius 2 is 1.34 bits per heavy atom. The molecule has 15 nitrogen and oxygen atoms in total. The van der Waals surface area contributed by atoms with Crippen LogP contribution in [0.25, 0.3) is 0 Å². The molecule has 0 aliphatic carbocycles. The molecular weight excluding hydrogens is 504 g/mol. The van der Waals surface area contributed by atoms with Crippen molar-refractivity contribution in [2.24, 2.45) is 17.2 Å². The molecule has 12 N–H and O–H groups in total. The molecule has 38 heavy (non-hydrogen) atoms. The molecule has 4 amide bonds. The Morgan fingerprint density at radius 1 is 0.789 bits per heavy atom. The fourth-order valence-electron chi connectivity index (χ4n) is 3.35. The summed E-state index contributed by atoms with van der Waals surface area (Å²) in [5.41, 5.74) is 16.6. The van der Waals surface area contributed by atoms with Gasteiger partial charge in [-0.05, 0) is 43.5 Å². The van der Waals surface area contributed by atoms with Gasteiger partial charge in [-0.3, -0.25) is 24.0 Å². The lowest BCUT2D eigenvalue weighted by atomic mass is 10.0. The minimum atomic E-state index is -1.69. The van der Waals surface area contributed by atoms with E-state index in [4.69, 9.17) is 17.2 Å². The second-order valence-electron chi connectivity index (χ2n) is 8.55. The Labute approximate surface area is 218 Å². The molecule has 0 fully saturated rings. The van der Waals surface area contributed by atoms with Crippen LogP contribution in [0, 0.1) is 0 Å². The molecule has 0 aliphatic heterocycles. The van der Waals surface area contributed by atoms with Crippen LogP contribution in [0.3, 0.4) is 0 Å². The topological polar surface area (TPSA) is 277 Å². The average Bonchev–Trinajstić information content (AvgIpc) is 2.82. The summed E-state index contributed by atoms with van der Waals surface area (Å²) in [7, 11) is 0. The maximum atomic E-state index is 13.0. The number of hydrogen-bond donors (Lipinski definition) is 9. The third kappa shape index (κ3) is 11.7. The molecule has 1 aromatic rings. The zero-order valence-electron chi connectivity index (χ0n) is 20.6. The Bertz CT molecular complexity index is 1000. The maximum Gasteiger partial charge on any atom is 0.326 e. The highest BCUT2D eigenvalue weighted by Crippen LogP contribution is 2.12. The van der Waals surface area contributed by atoms with Crippen LogP contribution in [-0.4, -0.2) is 81.6 Å². The normalized spacial score (nSPS) is 13.8. The first kappa shape index (κ1) is 31.8. The summed E-state index contributed by atoms with van der Waals surface area (Å²) in [5.74, 6) is -6.62. The Hall–Kier alpha value is -4.24. The molecule has 0 saturated heterocycles. The van der Waals surface area contributed by atoms with Crippen LogP contribution in [0.1, 0.15) is 37.7 Å². The average molecular weight is 539 g/mol. The standard InChI is InChI=1S/C23H34N6O9/c24-8-2-1-3-15(27-20(34)14(25)10-18(26)31)21(35)28-16(11-19(32)33)22(36)29-17(23(37)38)9-12-4-6-13(30)7-5-12/h4-7,14-17,30H,1-3,8-11,24-25H2,(H2,26,31)(H,27,34)(H,28,35)(H,29,36)(H,32,33)(H,37,38). The number of hydrogen-bond acceptors (Lipinski definition) is 9. The van der Waals surface area contributed by atoms with E-state index >= 15 is 0 Å². The number of phenolic OH excluding ortho intramolecular Hbond substituents is 1. The van der Waals surface area contributed by atoms with E-state index in [1.165, 1.54) is 24.3 Å². The third-order valence-corrected chi connectivity index (χ3v) is 5.34. The lowest BCUT2D eigenvalue weighted by molar-refractivity contribution is -0.143. The highest BCUT2D eigenvalue weighted by Gasteiger charge is 2.31. The molecule has 15 heteroatoms. The molecule has 210 valence electrons. The van der Waals surface area contributed by atoms with E-state index in [1.807, 2.05) is 0 Å². The molecule has 1 aromatic carbocycles. The first-order valence-electron chi connectivity index (χ1n) is 11.7. The lowest BCUT2D eigenvalue weighted by Crippen LogP contribution is -2.57. The van der Waals surface area contributed by atoms with Crippen molar-refractivity contribution in [3.63, 3.8) is 0 Å². The van der Waals surface area contributed by atoms with Crippen molar-refractivity contribution in [2.75, 3.05) is 6.54 Å². The summed E-state index contributed by atoms with van der Waals surface area (Å²) < 4.78 is 0. The van der Waals surface area contributed by atoms with Gasteiger partial charge in [0, 0.05) is 6.42 Å². The largest absolute Gasteiger partial charge is 0.508 e. The van der Waals surface area contributed by atoms with Gasteiger partial charge in [0.25, 0.3) is 0 Å². The lowest BCUT2D eigenvalue weighted by Gasteiger charge is -2.24. The monoisotopic (exact) mass is 538 g/mol. The summed E-state index contributed by atoms with van der Waals surface area (Å²) in [6.07, 6.45) is -0.631. The van der Waals surface area contributed by atoms with E-state index in [0.29, 0.717) is 24.9 Å². The first-order chi connectivity index (χ1) is 17.8. The van der Waals surface area contributed by atoms with E-state index in [-0.39, 0.29) is 18.6 Å². The number of aromatic hydroxyl groups is 1. The van der Waals surface area contributed by atoms with Gasteiger partial charge < -0.3 is 48.5 Å². The quantitative estimate of drug-likeness (QED) is 0.0918. The number of carboxylic acids is 2. The molecule has 0 bridgehead atoms. The number of benzene rings is 1. The van der Waals surface area contributed by atoms with Crippen molar-refractivity contribution in [3.8, 4) is 5.75 Å². The van der Waals surface area contributed by atoms with Crippen molar-refractivity contribution in [1.82, 2.24) is 16.0 Å². The number of nitrogens with one attached hydrogen (secondary N) is 3. The number of carbonyl (C=O) groups excluding carboxylic acids is 4. The predicted octanol–water partition coefficient (Wildman–Crippen LogP) is -2.72. The van der Waals surface area contributed by atoms with Crippen LogP contribution in [-0.2, 0) is 35.2 Å². The van der Waals surface area contributed by atoms with Crippen LogP contribution < -0.4 is 33.2 Å². The van der Waals surface area contributed by atoms with Crippen LogP contribution in [0.2, 0.25) is 0 Å². The van der Waals surface area contributed by atoms with E-state index in [2.05, 4.69) is 16.0 Å². The fourth-order valence-corrected chi connectivity index (χ4v) is 3.35. The Balaban J connectivity index is 3.03. The van der Waals surface area contributed by atoms with Gasteiger partial charge >= 0.3 is 11.9 Å². The summed E-state index contributed by atoms with van der Waals surface area (Å²) in [4.78, 5) is 72.3. The molecule has 0 heterocycles. The number of primary amides is 1. The number of nitrogens with two attached hydrogens (primary N) is 3. The van der Waals surface area contributed by atoms with E-state index in [0.717, 1.165) is 0 Å². The van der Waals surface area contributed by atoms with Crippen molar-refractivity contribution in [1.29, 1.82) is 0 Å². The molecule has 1 rings (SSSR count). The maximum absolute atomic E-state index is 13.0. The first-order valence-corrected chi connectivity index (χ1v) is 11.7. The van der Waals surface area contributed by atoms with E-state index < -0.39 is 72.6 Å². The number of carbonyl (C=O) groups is 6. The number of aliphatic carboxylic acids is 2. The second kappa shape index (κ2) is 15.8. The number of unbranched alkanes of at least 4 members (excludes halogenated alkanes) is 1. The van der Waals surface area contributed by atoms with Gasteiger partial charge in [-0.15, -0.1) is 0 Å². The summed E-state index contributed by atoms with van der Waals surface area (Å²) in [6.45, 7) is 0.297. The van der Waals surface area contributed by atoms with Gasteiger partial charge in [0.05, 0.1) is 18.9 Å². The zero-order valence-corrected chi connectivity index (χ0v) is 20.6. The van der Waals surface area contributed by atoms with Gasteiger partial charge in [0.2, 0.25) is 23.6 Å². The molecule has 0 radical (unpaired) electrons. The molecule has 0 saturated carbocycles. The number of rotatable bonds is 17. The summed E-state index contributed by atoms with van der Waals surface area (Å²) >= 11 is 0. The van der Waals surface area contributed by atoms with Crippen molar-refractivity contribution < 1.29 is 44.1 Å². The van der Waals surface area contributed by atoms with Gasteiger partial charge in [-0.1, -0.05) is 12.1 Å². The fraction of sp³-hybridized carbons (Fsp3) is 0.478. The van der Waals surface area contributed by atoms with Crippen LogP contribution in [0.5, 0.6) is 5.75 Å². The van der Waals surface area contributed by atoms with Crippen LogP contribution in [0.4, 0.5) is 0 Å². The Kier molecular flexibility index (Phi) is 13.2. The van der Waals surface area contributed by atoms with Gasteiger partial charge in [-0.2, -0.15) is 0 Å². The predicted molar refractivity (Wildman–Crippen MR) is 132 cm³/mol. The van der Waals surface area contributed by atoms with Gasteiger partial charge in [-0.25, -0.2) is 4.79 Å². The number of carboxylic acid groups (broad SMARTS) is 2. The van der Waals surface area contributed by atoms with Crippen molar-refractivity contribution >= 4 is 35.6 Å². The summed E-state index contributed by atoms with van der Waals surface area (Å²) in [6, 6.07) is -0.203. The van der Waals surface area contributed by atoms with E-state index in [1.54, 1.807) is 0 Å². The van der Waals surface area contributed by atoms with Gasteiger partial charge in [0.15, 0.2) is 0 Å². The second-order valence-corrected chi connectivity index (χ2v) is 8.55. The molecule has 0 aromatic heterocycles. The minimum absolute atomic E-state index is 0.0439. The third-order valence-electron chi connectivity index (χ3n) is 5.34. The van der Waals surface area contributed by atoms with Crippen molar-refractivity contribution in [2.45, 2.75) is 62.7 Å².